The van der Waals surface area contributed by atoms with E-state index in [-0.39, 0.29) is 12.0 Å². The van der Waals surface area contributed by atoms with E-state index in [1.54, 1.807) is 36.3 Å². The van der Waals surface area contributed by atoms with Crippen molar-refractivity contribution in [1.29, 1.82) is 0 Å². The van der Waals surface area contributed by atoms with Crippen molar-refractivity contribution in [2.45, 2.75) is 25.9 Å². The van der Waals surface area contributed by atoms with Crippen molar-refractivity contribution in [1.82, 2.24) is 39.3 Å². The molecule has 1 aliphatic heterocycles. The Balaban J connectivity index is 1.15. The highest BCUT2D eigenvalue weighted by atomic mass is 16.5. The highest BCUT2D eigenvalue weighted by Crippen LogP contribution is 2.37. The maximum atomic E-state index is 12.6. The lowest BCUT2D eigenvalue weighted by atomic mass is 10.1. The van der Waals surface area contributed by atoms with Gasteiger partial charge >= 0.3 is 0 Å². The second kappa shape index (κ2) is 13.1. The van der Waals surface area contributed by atoms with Crippen LogP contribution in [0.1, 0.15) is 18.4 Å². The predicted octanol–water partition coefficient (Wildman–Crippen LogP) is 4.41. The molecule has 2 aromatic carbocycles. The Labute approximate surface area is 260 Å². The molecule has 1 aliphatic rings. The minimum absolute atomic E-state index is 0.0336. The van der Waals surface area contributed by atoms with Crippen molar-refractivity contribution >= 4 is 34.0 Å². The molecule has 45 heavy (non-hydrogen) atoms. The fourth-order valence-electron chi connectivity index (χ4n) is 5.12. The Morgan fingerprint density at radius 3 is 2.67 bits per heavy atom. The number of carbonyl (C=O) groups excluding carboxylic acids is 1. The van der Waals surface area contributed by atoms with E-state index in [0.717, 1.165) is 36.0 Å². The SMILES string of the molecule is COc1cc2ncnc(Nc3ccc(Oc4cc5nncn5cn4)c(C)c3)c2cc1OC1CCN(C(=O)/C=C/CN(C)C)CC1. The Morgan fingerprint density at radius 2 is 1.89 bits per heavy atom. The van der Waals surface area contributed by atoms with Crippen LogP contribution >= 0.6 is 0 Å². The molecule has 4 heterocycles. The van der Waals surface area contributed by atoms with Gasteiger partial charge in [0.15, 0.2) is 17.1 Å². The van der Waals surface area contributed by atoms with Gasteiger partial charge in [0.1, 0.15) is 36.7 Å². The number of benzene rings is 2. The fourth-order valence-corrected chi connectivity index (χ4v) is 5.12. The number of hydrogen-bond acceptors (Lipinski definition) is 11. The number of anilines is 2. The van der Waals surface area contributed by atoms with Gasteiger partial charge < -0.3 is 29.3 Å². The summed E-state index contributed by atoms with van der Waals surface area (Å²) >= 11 is 0. The third-order valence-corrected chi connectivity index (χ3v) is 7.51. The number of rotatable bonds is 10. The molecule has 1 saturated heterocycles. The van der Waals surface area contributed by atoms with E-state index in [4.69, 9.17) is 14.2 Å². The van der Waals surface area contributed by atoms with E-state index < -0.39 is 0 Å². The summed E-state index contributed by atoms with van der Waals surface area (Å²) < 4.78 is 19.8. The minimum atomic E-state index is -0.0534. The first-order valence-electron chi connectivity index (χ1n) is 14.7. The smallest absolute Gasteiger partial charge is 0.246 e. The Bertz CT molecular complexity index is 1850. The number of likely N-dealkylation sites (tertiary alicyclic amines) is 1. The molecular formula is C32H35N9O4. The first-order valence-corrected chi connectivity index (χ1v) is 14.7. The van der Waals surface area contributed by atoms with Gasteiger partial charge in [-0.25, -0.2) is 15.0 Å². The van der Waals surface area contributed by atoms with E-state index >= 15 is 0 Å². The topological polar surface area (TPSA) is 132 Å². The summed E-state index contributed by atoms with van der Waals surface area (Å²) in [6, 6.07) is 11.3. The number of ether oxygens (including phenoxy) is 3. The number of methoxy groups -OCH3 is 1. The van der Waals surface area contributed by atoms with Crippen LogP contribution in [-0.4, -0.2) is 92.2 Å². The number of aryl methyl sites for hydroxylation is 1. The number of likely N-dealkylation sites (N-methyl/N-ethyl adjacent to an activating group) is 1. The summed E-state index contributed by atoms with van der Waals surface area (Å²) in [6.07, 6.45) is 9.64. The molecule has 232 valence electrons. The Kier molecular flexibility index (Phi) is 8.69. The maximum Gasteiger partial charge on any atom is 0.246 e. The first kappa shape index (κ1) is 29.8. The van der Waals surface area contributed by atoms with Crippen LogP contribution in [0.3, 0.4) is 0 Å². The van der Waals surface area contributed by atoms with E-state index in [0.29, 0.717) is 53.2 Å². The van der Waals surface area contributed by atoms with Crippen LogP contribution in [0.4, 0.5) is 11.5 Å². The van der Waals surface area contributed by atoms with E-state index in [1.165, 1.54) is 6.33 Å². The molecule has 3 aromatic heterocycles. The van der Waals surface area contributed by atoms with Crippen LogP contribution in [0, 0.1) is 6.92 Å². The van der Waals surface area contributed by atoms with Crippen LogP contribution in [-0.2, 0) is 4.79 Å². The van der Waals surface area contributed by atoms with Crippen molar-refractivity contribution in [3.8, 4) is 23.1 Å². The molecule has 1 fully saturated rings. The normalized spacial score (nSPS) is 14.0. The average molecular weight is 610 g/mol. The van der Waals surface area contributed by atoms with E-state index in [1.807, 2.05) is 67.2 Å². The van der Waals surface area contributed by atoms with Gasteiger partial charge in [-0.15, -0.1) is 10.2 Å². The van der Waals surface area contributed by atoms with Gasteiger partial charge in [-0.05, 0) is 50.8 Å². The summed E-state index contributed by atoms with van der Waals surface area (Å²) in [5.41, 5.74) is 3.10. The van der Waals surface area contributed by atoms with Crippen LogP contribution in [0.15, 0.2) is 67.5 Å². The number of amides is 1. The third-order valence-electron chi connectivity index (χ3n) is 7.51. The maximum absolute atomic E-state index is 12.6. The second-order valence-electron chi connectivity index (χ2n) is 11.1. The molecule has 0 saturated carbocycles. The van der Waals surface area contributed by atoms with Crippen LogP contribution < -0.4 is 19.5 Å². The van der Waals surface area contributed by atoms with Crippen LogP contribution in [0.2, 0.25) is 0 Å². The molecule has 0 atom stereocenters. The minimum Gasteiger partial charge on any atom is -0.493 e. The number of carbonyl (C=O) groups is 1. The van der Waals surface area contributed by atoms with Gasteiger partial charge in [0.2, 0.25) is 11.8 Å². The summed E-state index contributed by atoms with van der Waals surface area (Å²) in [7, 11) is 5.56. The van der Waals surface area contributed by atoms with Crippen molar-refractivity contribution in [2.75, 3.05) is 46.2 Å². The monoisotopic (exact) mass is 609 g/mol. The molecule has 0 unspecified atom stereocenters. The van der Waals surface area contributed by atoms with E-state index in [9.17, 15) is 4.79 Å². The third kappa shape index (κ3) is 6.93. The zero-order valence-electron chi connectivity index (χ0n) is 25.7. The lowest BCUT2D eigenvalue weighted by Gasteiger charge is -2.32. The average Bonchev–Trinajstić information content (AvgIpc) is 3.50. The first-order chi connectivity index (χ1) is 21.9. The van der Waals surface area contributed by atoms with Gasteiger partial charge in [-0.1, -0.05) is 6.08 Å². The van der Waals surface area contributed by atoms with Gasteiger partial charge in [-0.3, -0.25) is 9.20 Å². The lowest BCUT2D eigenvalue weighted by Crippen LogP contribution is -2.41. The van der Waals surface area contributed by atoms with Gasteiger partial charge in [-0.2, -0.15) is 0 Å². The van der Waals surface area contributed by atoms with Crippen molar-refractivity contribution < 1.29 is 19.0 Å². The highest BCUT2D eigenvalue weighted by Gasteiger charge is 2.24. The summed E-state index contributed by atoms with van der Waals surface area (Å²) in [5, 5.41) is 12.1. The molecule has 0 bridgehead atoms. The molecule has 13 nitrogen and oxygen atoms in total. The molecule has 0 aliphatic carbocycles. The lowest BCUT2D eigenvalue weighted by molar-refractivity contribution is -0.127. The van der Waals surface area contributed by atoms with Crippen LogP contribution in [0.5, 0.6) is 23.1 Å². The van der Waals surface area contributed by atoms with Gasteiger partial charge in [0, 0.05) is 61.8 Å². The molecule has 5 aromatic rings. The number of hydrogen-bond donors (Lipinski definition) is 1. The van der Waals surface area contributed by atoms with Crippen molar-refractivity contribution in [2.24, 2.45) is 0 Å². The zero-order chi connectivity index (χ0) is 31.3. The van der Waals surface area contributed by atoms with Crippen LogP contribution in [0.25, 0.3) is 16.6 Å². The zero-order valence-corrected chi connectivity index (χ0v) is 25.7. The number of fused-ring (bicyclic) bond motifs is 2. The molecule has 1 N–H and O–H groups in total. The molecule has 13 heteroatoms. The number of nitrogens with zero attached hydrogens (tertiary/aromatic N) is 8. The number of nitrogens with one attached hydrogen (secondary N) is 1. The molecule has 1 amide bonds. The summed E-state index contributed by atoms with van der Waals surface area (Å²) in [5.74, 6) is 2.96. The Morgan fingerprint density at radius 1 is 1.04 bits per heavy atom. The van der Waals surface area contributed by atoms with Crippen molar-refractivity contribution in [3.05, 3.63) is 73.1 Å². The summed E-state index contributed by atoms with van der Waals surface area (Å²) in [4.78, 5) is 29.7. The number of piperidine rings is 1. The Hall–Kier alpha value is -5.30. The van der Waals surface area contributed by atoms with Crippen molar-refractivity contribution in [3.63, 3.8) is 0 Å². The highest BCUT2D eigenvalue weighted by molar-refractivity contribution is 5.93. The van der Waals surface area contributed by atoms with Gasteiger partial charge in [0.25, 0.3) is 0 Å². The fraction of sp³-hybridized carbons (Fsp3) is 0.312. The quantitative estimate of drug-likeness (QED) is 0.226. The van der Waals surface area contributed by atoms with E-state index in [2.05, 4.69) is 30.5 Å². The molecule has 6 rings (SSSR count). The standard InChI is InChI=1S/C32H35N9O4/c1-21-14-22(7-8-26(21)45-30-17-29-38-36-20-41(29)19-35-30)37-32-24-15-28(27(43-4)16-25(24)33-18-34-32)44-23-9-12-40(13-10-23)31(42)6-5-11-39(2)3/h5-8,14-20,23H,9-13H2,1-4H3,(H,33,34,37)/b6-5+. The second-order valence-corrected chi connectivity index (χ2v) is 11.1. The van der Waals surface area contributed by atoms with Gasteiger partial charge in [0.05, 0.1) is 12.6 Å². The molecular weight excluding hydrogens is 574 g/mol. The number of aromatic nitrogens is 6. The predicted molar refractivity (Wildman–Crippen MR) is 169 cm³/mol. The largest absolute Gasteiger partial charge is 0.493 e. The molecule has 0 radical (unpaired) electrons. The summed E-state index contributed by atoms with van der Waals surface area (Å²) in [6.45, 7) is 3.95. The molecule has 0 spiro atoms.